The summed E-state index contributed by atoms with van der Waals surface area (Å²) in [4.78, 5) is 27.6. The molecule has 1 aromatic carbocycles. The average molecular weight is 413 g/mol. The molecule has 0 radical (unpaired) electrons. The van der Waals surface area contributed by atoms with E-state index in [1.54, 1.807) is 0 Å². The lowest BCUT2D eigenvalue weighted by atomic mass is 9.74. The summed E-state index contributed by atoms with van der Waals surface area (Å²) < 4.78 is 14.5. The quantitative estimate of drug-likeness (QED) is 0.692. The van der Waals surface area contributed by atoms with Gasteiger partial charge in [-0.05, 0) is 44.4 Å². The van der Waals surface area contributed by atoms with Crippen LogP contribution in [-0.2, 0) is 9.59 Å². The molecule has 6 nitrogen and oxygen atoms in total. The van der Waals surface area contributed by atoms with Crippen molar-refractivity contribution in [3.05, 3.63) is 59.2 Å². The highest BCUT2D eigenvalue weighted by atomic mass is 19.1. The highest BCUT2D eigenvalue weighted by Gasteiger charge is 2.56. The van der Waals surface area contributed by atoms with Gasteiger partial charge in [-0.1, -0.05) is 30.3 Å². The summed E-state index contributed by atoms with van der Waals surface area (Å²) in [6.07, 6.45) is 2.35. The number of carbonyl (C=O) groups is 2. The summed E-state index contributed by atoms with van der Waals surface area (Å²) in [5.74, 6) is -1.48. The van der Waals surface area contributed by atoms with Crippen molar-refractivity contribution >= 4 is 11.8 Å². The standard InChI is InChI=1S/C23H29FN4O2/c1-3-26-19-12-15(24)11-18-20(19)27-22(30)23(18,2)28-10-9-16(17(13-28)21(25)29)14-7-5-4-6-8-14/h4-8,12,16-18,26H,3,9-11,13H2,1-2H3,(H2,25,29)(H,27,30)/t16?,17-,18?,23-/m1/s1. The van der Waals surface area contributed by atoms with Crippen LogP contribution in [0.25, 0.3) is 0 Å². The third-order valence-corrected chi connectivity index (χ3v) is 6.96. The molecule has 1 aliphatic carbocycles. The van der Waals surface area contributed by atoms with Crippen LogP contribution in [0.2, 0.25) is 0 Å². The Morgan fingerprint density at radius 2 is 2.10 bits per heavy atom. The Kier molecular flexibility index (Phi) is 5.40. The highest BCUT2D eigenvalue weighted by Crippen LogP contribution is 2.46. The molecule has 3 aliphatic rings. The maximum atomic E-state index is 14.5. The number of nitrogens with zero attached hydrogens (tertiary/aromatic N) is 1. The van der Waals surface area contributed by atoms with E-state index in [1.165, 1.54) is 6.08 Å². The molecule has 30 heavy (non-hydrogen) atoms. The molecule has 2 unspecified atom stereocenters. The van der Waals surface area contributed by atoms with E-state index in [-0.39, 0.29) is 35.9 Å². The topological polar surface area (TPSA) is 87.5 Å². The van der Waals surface area contributed by atoms with E-state index in [0.29, 0.717) is 31.8 Å². The maximum Gasteiger partial charge on any atom is 0.245 e. The minimum Gasteiger partial charge on any atom is -0.384 e. The Labute approximate surface area is 176 Å². The zero-order valence-corrected chi connectivity index (χ0v) is 17.5. The number of nitrogens with one attached hydrogen (secondary N) is 2. The number of fused-ring (bicyclic) bond motifs is 1. The Morgan fingerprint density at radius 3 is 2.77 bits per heavy atom. The molecular weight excluding hydrogens is 383 g/mol. The molecule has 4 N–H and O–H groups in total. The molecule has 4 rings (SSSR count). The number of benzene rings is 1. The molecule has 160 valence electrons. The number of likely N-dealkylation sites (tertiary alicyclic amines) is 1. The van der Waals surface area contributed by atoms with Gasteiger partial charge in [-0.25, -0.2) is 4.39 Å². The third kappa shape index (κ3) is 3.31. The molecule has 0 spiro atoms. The van der Waals surface area contributed by atoms with Crippen LogP contribution in [0.15, 0.2) is 53.6 Å². The molecule has 2 aliphatic heterocycles. The number of halogens is 1. The summed E-state index contributed by atoms with van der Waals surface area (Å²) >= 11 is 0. The van der Waals surface area contributed by atoms with Crippen molar-refractivity contribution in [3.8, 4) is 0 Å². The summed E-state index contributed by atoms with van der Waals surface area (Å²) in [5.41, 5.74) is 7.32. The lowest BCUT2D eigenvalue weighted by Gasteiger charge is -2.46. The summed E-state index contributed by atoms with van der Waals surface area (Å²) in [6, 6.07) is 9.91. The van der Waals surface area contributed by atoms with Gasteiger partial charge in [0.15, 0.2) is 0 Å². The predicted molar refractivity (Wildman–Crippen MR) is 113 cm³/mol. The molecule has 4 atom stereocenters. The van der Waals surface area contributed by atoms with E-state index in [2.05, 4.69) is 10.6 Å². The molecule has 2 amide bonds. The van der Waals surface area contributed by atoms with Crippen molar-refractivity contribution in [1.82, 2.24) is 15.5 Å². The van der Waals surface area contributed by atoms with Crippen molar-refractivity contribution in [2.75, 3.05) is 19.6 Å². The van der Waals surface area contributed by atoms with Crippen molar-refractivity contribution in [3.63, 3.8) is 0 Å². The van der Waals surface area contributed by atoms with E-state index < -0.39 is 11.5 Å². The Balaban J connectivity index is 1.65. The monoisotopic (exact) mass is 412 g/mol. The summed E-state index contributed by atoms with van der Waals surface area (Å²) in [6.45, 7) is 5.45. The largest absolute Gasteiger partial charge is 0.384 e. The van der Waals surface area contributed by atoms with E-state index in [4.69, 9.17) is 5.73 Å². The molecule has 1 aromatic rings. The van der Waals surface area contributed by atoms with Crippen LogP contribution < -0.4 is 16.4 Å². The number of nitrogens with two attached hydrogens (primary N) is 1. The molecule has 0 aromatic heterocycles. The minimum absolute atomic E-state index is 0.0170. The number of rotatable bonds is 5. The molecule has 0 bridgehead atoms. The third-order valence-electron chi connectivity index (χ3n) is 6.96. The number of hydrogen-bond donors (Lipinski definition) is 3. The van der Waals surface area contributed by atoms with Crippen LogP contribution in [0.4, 0.5) is 4.39 Å². The first-order valence-corrected chi connectivity index (χ1v) is 10.6. The van der Waals surface area contributed by atoms with E-state index in [1.807, 2.05) is 49.1 Å². The molecule has 2 fully saturated rings. The number of amides is 2. The maximum absolute atomic E-state index is 14.5. The van der Waals surface area contributed by atoms with E-state index in [0.717, 1.165) is 11.3 Å². The minimum atomic E-state index is -0.934. The second-order valence-corrected chi connectivity index (χ2v) is 8.57. The fourth-order valence-electron chi connectivity index (χ4n) is 5.28. The first kappa shape index (κ1) is 20.6. The molecule has 0 saturated carbocycles. The van der Waals surface area contributed by atoms with Crippen LogP contribution in [0, 0.1) is 11.8 Å². The van der Waals surface area contributed by atoms with Crippen molar-refractivity contribution in [1.29, 1.82) is 0 Å². The Bertz CT molecular complexity index is 913. The lowest BCUT2D eigenvalue weighted by molar-refractivity contribution is -0.135. The first-order valence-electron chi connectivity index (χ1n) is 10.6. The predicted octanol–water partition coefficient (Wildman–Crippen LogP) is 2.16. The number of hydrogen-bond acceptors (Lipinski definition) is 4. The van der Waals surface area contributed by atoms with Crippen molar-refractivity contribution < 1.29 is 14.0 Å². The second kappa shape index (κ2) is 7.87. The van der Waals surface area contributed by atoms with Gasteiger partial charge in [0.25, 0.3) is 0 Å². The number of likely N-dealkylation sites (N-methyl/N-ethyl adjacent to an activating group) is 1. The van der Waals surface area contributed by atoms with Gasteiger partial charge in [-0.15, -0.1) is 0 Å². The summed E-state index contributed by atoms with van der Waals surface area (Å²) in [7, 11) is 0. The number of carbonyl (C=O) groups excluding carboxylic acids is 2. The molecular formula is C23H29FN4O2. The van der Waals surface area contributed by atoms with Crippen molar-refractivity contribution in [2.45, 2.75) is 38.1 Å². The van der Waals surface area contributed by atoms with E-state index in [9.17, 15) is 14.0 Å². The van der Waals surface area contributed by atoms with Gasteiger partial charge < -0.3 is 16.4 Å². The van der Waals surface area contributed by atoms with Crippen molar-refractivity contribution in [2.24, 2.45) is 17.6 Å². The zero-order valence-electron chi connectivity index (χ0n) is 17.5. The van der Waals surface area contributed by atoms with Crippen LogP contribution in [0.3, 0.4) is 0 Å². The normalized spacial score (nSPS) is 31.8. The Morgan fingerprint density at radius 1 is 1.37 bits per heavy atom. The van der Waals surface area contributed by atoms with Gasteiger partial charge in [0.1, 0.15) is 11.4 Å². The average Bonchev–Trinajstić information content (AvgIpc) is 3.00. The summed E-state index contributed by atoms with van der Waals surface area (Å²) in [5, 5.41) is 6.15. The van der Waals surface area contributed by atoms with Gasteiger partial charge in [-0.3, -0.25) is 14.5 Å². The van der Waals surface area contributed by atoms with Gasteiger partial charge in [0.05, 0.1) is 11.6 Å². The van der Waals surface area contributed by atoms with Crippen LogP contribution >= 0.6 is 0 Å². The fraction of sp³-hybridized carbons (Fsp3) is 0.478. The molecule has 2 saturated heterocycles. The second-order valence-electron chi connectivity index (χ2n) is 8.57. The van der Waals surface area contributed by atoms with Crippen LogP contribution in [0.1, 0.15) is 38.2 Å². The smallest absolute Gasteiger partial charge is 0.245 e. The lowest BCUT2D eigenvalue weighted by Crippen LogP contribution is -2.60. The number of allylic oxidation sites excluding steroid dienone is 2. The first-order chi connectivity index (χ1) is 14.4. The Hall–Kier alpha value is -2.67. The fourth-order valence-corrected chi connectivity index (χ4v) is 5.28. The van der Waals surface area contributed by atoms with E-state index >= 15 is 0 Å². The number of primary amides is 1. The van der Waals surface area contributed by atoms with Gasteiger partial charge in [0.2, 0.25) is 11.8 Å². The SMILES string of the molecule is CCNC1=C2NC(=O)[C@](C)(N3CCC(c4ccccc4)[C@H](C(N)=O)C3)C2CC(F)=C1. The highest BCUT2D eigenvalue weighted by molar-refractivity contribution is 5.92. The van der Waals surface area contributed by atoms with Crippen LogP contribution in [0.5, 0.6) is 0 Å². The van der Waals surface area contributed by atoms with Gasteiger partial charge >= 0.3 is 0 Å². The van der Waals surface area contributed by atoms with Gasteiger partial charge in [0, 0.05) is 31.1 Å². The molecule has 7 heteroatoms. The van der Waals surface area contributed by atoms with Crippen LogP contribution in [-0.4, -0.2) is 41.9 Å². The zero-order chi connectivity index (χ0) is 21.5. The number of piperidine rings is 1. The molecule has 2 heterocycles. The van der Waals surface area contributed by atoms with Gasteiger partial charge in [-0.2, -0.15) is 0 Å².